The molecule has 0 aromatic heterocycles. The number of anilines is 1. The van der Waals surface area contributed by atoms with Crippen LogP contribution in [0.2, 0.25) is 0 Å². The Morgan fingerprint density at radius 1 is 1.11 bits per heavy atom. The van der Waals surface area contributed by atoms with Gasteiger partial charge in [0.05, 0.1) is 23.8 Å². The molecule has 0 spiro atoms. The number of benzene rings is 2. The summed E-state index contributed by atoms with van der Waals surface area (Å²) in [6.45, 7) is 2.77. The highest BCUT2D eigenvalue weighted by Gasteiger charge is 2.36. The van der Waals surface area contributed by atoms with Crippen LogP contribution in [0.15, 0.2) is 54.6 Å². The summed E-state index contributed by atoms with van der Waals surface area (Å²) in [6, 6.07) is 16.7. The fourth-order valence-electron chi connectivity index (χ4n) is 3.33. The van der Waals surface area contributed by atoms with Gasteiger partial charge in [-0.15, -0.1) is 0 Å². The summed E-state index contributed by atoms with van der Waals surface area (Å²) in [4.78, 5) is 38.7. The Morgan fingerprint density at radius 3 is 2.57 bits per heavy atom. The van der Waals surface area contributed by atoms with Crippen molar-refractivity contribution in [1.82, 2.24) is 5.32 Å². The number of carbonyl (C=O) groups excluding carboxylic acids is 3. The molecule has 1 aliphatic heterocycles. The van der Waals surface area contributed by atoms with Crippen LogP contribution in [-0.4, -0.2) is 37.5 Å². The minimum absolute atomic E-state index is 0.133. The number of amides is 2. The Labute approximate surface area is 164 Å². The molecule has 1 atom stereocenters. The molecule has 2 amide bonds. The molecule has 6 nitrogen and oxygen atoms in total. The average molecular weight is 380 g/mol. The van der Waals surface area contributed by atoms with Crippen molar-refractivity contribution in [3.05, 3.63) is 65.7 Å². The van der Waals surface area contributed by atoms with E-state index in [1.165, 1.54) is 4.90 Å². The van der Waals surface area contributed by atoms with E-state index < -0.39 is 11.9 Å². The van der Waals surface area contributed by atoms with Crippen LogP contribution in [0.1, 0.15) is 29.3 Å². The molecule has 1 unspecified atom stereocenters. The van der Waals surface area contributed by atoms with Crippen LogP contribution in [0.5, 0.6) is 0 Å². The zero-order chi connectivity index (χ0) is 19.9. The van der Waals surface area contributed by atoms with E-state index in [1.54, 1.807) is 31.2 Å². The SMILES string of the molecule is CCOC(=O)c1ccccc1N1CC(C(=O)NCCc2ccccc2)CC1=O. The maximum absolute atomic E-state index is 12.5. The monoisotopic (exact) mass is 380 g/mol. The summed E-state index contributed by atoms with van der Waals surface area (Å²) in [5.41, 5.74) is 1.98. The average Bonchev–Trinajstić information content (AvgIpc) is 3.10. The van der Waals surface area contributed by atoms with Crippen LogP contribution in [0.4, 0.5) is 5.69 Å². The van der Waals surface area contributed by atoms with Crippen molar-refractivity contribution in [3.63, 3.8) is 0 Å². The van der Waals surface area contributed by atoms with Crippen molar-refractivity contribution in [3.8, 4) is 0 Å². The summed E-state index contributed by atoms with van der Waals surface area (Å²) >= 11 is 0. The van der Waals surface area contributed by atoms with Crippen LogP contribution < -0.4 is 10.2 Å². The molecule has 1 fully saturated rings. The molecule has 2 aromatic rings. The van der Waals surface area contributed by atoms with Gasteiger partial charge in [0.1, 0.15) is 0 Å². The smallest absolute Gasteiger partial charge is 0.340 e. The number of para-hydroxylation sites is 1. The van der Waals surface area contributed by atoms with Crippen LogP contribution in [-0.2, 0) is 20.7 Å². The van der Waals surface area contributed by atoms with Crippen LogP contribution in [0.25, 0.3) is 0 Å². The fourth-order valence-corrected chi connectivity index (χ4v) is 3.33. The quantitative estimate of drug-likeness (QED) is 0.749. The third-order valence-electron chi connectivity index (χ3n) is 4.74. The lowest BCUT2D eigenvalue weighted by atomic mass is 10.1. The molecule has 0 aliphatic carbocycles. The van der Waals surface area contributed by atoms with Gasteiger partial charge in [-0.25, -0.2) is 4.79 Å². The van der Waals surface area contributed by atoms with Gasteiger partial charge in [0.25, 0.3) is 0 Å². The number of hydrogen-bond donors (Lipinski definition) is 1. The zero-order valence-electron chi connectivity index (χ0n) is 15.9. The van der Waals surface area contributed by atoms with Crippen LogP contribution in [0, 0.1) is 5.92 Å². The first-order valence-corrected chi connectivity index (χ1v) is 9.48. The molecule has 0 saturated carbocycles. The highest BCUT2D eigenvalue weighted by Crippen LogP contribution is 2.28. The fraction of sp³-hybridized carbons (Fsp3) is 0.318. The van der Waals surface area contributed by atoms with Crippen molar-refractivity contribution in [1.29, 1.82) is 0 Å². The Kier molecular flexibility index (Phi) is 6.42. The standard InChI is InChI=1S/C22H24N2O4/c1-2-28-22(27)18-10-6-7-11-19(18)24-15-17(14-20(24)25)21(26)23-13-12-16-8-4-3-5-9-16/h3-11,17H,2,12-15H2,1H3,(H,23,26). The van der Waals surface area contributed by atoms with Gasteiger partial charge in [-0.2, -0.15) is 0 Å². The van der Waals surface area contributed by atoms with E-state index >= 15 is 0 Å². The van der Waals surface area contributed by atoms with Gasteiger partial charge in [-0.05, 0) is 31.0 Å². The number of hydrogen-bond acceptors (Lipinski definition) is 4. The maximum atomic E-state index is 12.5. The molecular formula is C22H24N2O4. The van der Waals surface area contributed by atoms with E-state index in [1.807, 2.05) is 30.3 Å². The van der Waals surface area contributed by atoms with E-state index in [0.717, 1.165) is 12.0 Å². The molecule has 1 heterocycles. The van der Waals surface area contributed by atoms with Crippen LogP contribution in [0.3, 0.4) is 0 Å². The van der Waals surface area contributed by atoms with Gasteiger partial charge in [0, 0.05) is 19.5 Å². The van der Waals surface area contributed by atoms with E-state index in [4.69, 9.17) is 4.74 Å². The number of carbonyl (C=O) groups is 3. The van der Waals surface area contributed by atoms with Crippen molar-refractivity contribution < 1.29 is 19.1 Å². The zero-order valence-corrected chi connectivity index (χ0v) is 15.9. The lowest BCUT2D eigenvalue weighted by Crippen LogP contribution is -2.34. The molecule has 146 valence electrons. The van der Waals surface area contributed by atoms with Crippen molar-refractivity contribution >= 4 is 23.5 Å². The third kappa shape index (κ3) is 4.57. The molecule has 3 rings (SSSR count). The van der Waals surface area contributed by atoms with Gasteiger partial charge < -0.3 is 15.0 Å². The number of rotatable bonds is 7. The minimum Gasteiger partial charge on any atom is -0.462 e. The van der Waals surface area contributed by atoms with E-state index in [0.29, 0.717) is 17.8 Å². The van der Waals surface area contributed by atoms with Crippen molar-refractivity contribution in [2.45, 2.75) is 19.8 Å². The highest BCUT2D eigenvalue weighted by atomic mass is 16.5. The summed E-state index contributed by atoms with van der Waals surface area (Å²) < 4.78 is 5.08. The molecule has 2 aromatic carbocycles. The van der Waals surface area contributed by atoms with Gasteiger partial charge in [0.15, 0.2) is 0 Å². The summed E-state index contributed by atoms with van der Waals surface area (Å²) in [5.74, 6) is -1.21. The molecule has 28 heavy (non-hydrogen) atoms. The number of ether oxygens (including phenoxy) is 1. The summed E-state index contributed by atoms with van der Waals surface area (Å²) in [5, 5.41) is 2.91. The second-order valence-corrected chi connectivity index (χ2v) is 6.67. The third-order valence-corrected chi connectivity index (χ3v) is 4.74. The first-order chi connectivity index (χ1) is 13.6. The molecular weight excluding hydrogens is 356 g/mol. The normalized spacial score (nSPS) is 16.1. The van der Waals surface area contributed by atoms with E-state index in [9.17, 15) is 14.4 Å². The number of esters is 1. The van der Waals surface area contributed by atoms with E-state index in [2.05, 4.69) is 5.32 Å². The predicted octanol–water partition coefficient (Wildman–Crippen LogP) is 2.58. The lowest BCUT2D eigenvalue weighted by Gasteiger charge is -2.19. The summed E-state index contributed by atoms with van der Waals surface area (Å²) in [6.07, 6.45) is 0.872. The topological polar surface area (TPSA) is 75.7 Å². The molecule has 1 N–H and O–H groups in total. The predicted molar refractivity (Wildman–Crippen MR) is 106 cm³/mol. The number of nitrogens with zero attached hydrogens (tertiary/aromatic N) is 1. The van der Waals surface area contributed by atoms with Gasteiger partial charge in [-0.3, -0.25) is 9.59 Å². The number of nitrogens with one attached hydrogen (secondary N) is 1. The Bertz CT molecular complexity index is 851. The van der Waals surface area contributed by atoms with Crippen molar-refractivity contribution in [2.75, 3.05) is 24.6 Å². The van der Waals surface area contributed by atoms with Gasteiger partial charge >= 0.3 is 5.97 Å². The maximum Gasteiger partial charge on any atom is 0.340 e. The van der Waals surface area contributed by atoms with Gasteiger partial charge in [-0.1, -0.05) is 42.5 Å². The molecule has 6 heteroatoms. The Morgan fingerprint density at radius 2 is 1.82 bits per heavy atom. The molecule has 1 saturated heterocycles. The second kappa shape index (κ2) is 9.17. The molecule has 0 bridgehead atoms. The first kappa shape index (κ1) is 19.6. The van der Waals surface area contributed by atoms with E-state index in [-0.39, 0.29) is 31.4 Å². The first-order valence-electron chi connectivity index (χ1n) is 9.48. The van der Waals surface area contributed by atoms with Crippen molar-refractivity contribution in [2.24, 2.45) is 5.92 Å². The Balaban J connectivity index is 1.62. The van der Waals surface area contributed by atoms with Crippen LogP contribution >= 0.6 is 0 Å². The summed E-state index contributed by atoms with van der Waals surface area (Å²) in [7, 11) is 0. The Hall–Kier alpha value is -3.15. The molecule has 1 aliphatic rings. The highest BCUT2D eigenvalue weighted by molar-refractivity contribution is 6.05. The lowest BCUT2D eigenvalue weighted by molar-refractivity contribution is -0.126. The molecule has 0 radical (unpaired) electrons. The largest absolute Gasteiger partial charge is 0.462 e. The van der Waals surface area contributed by atoms with Gasteiger partial charge in [0.2, 0.25) is 11.8 Å². The minimum atomic E-state index is -0.471. The second-order valence-electron chi connectivity index (χ2n) is 6.67.